The van der Waals surface area contributed by atoms with E-state index in [1.165, 1.54) is 6.42 Å². The maximum absolute atomic E-state index is 7.81. The summed E-state index contributed by atoms with van der Waals surface area (Å²) in [5, 5.41) is 7.81. The second-order valence-electron chi connectivity index (χ2n) is 5.95. The van der Waals surface area contributed by atoms with Gasteiger partial charge in [0.05, 0.1) is 5.56 Å². The van der Waals surface area contributed by atoms with E-state index < -0.39 is 0 Å². The number of nitrogen functional groups attached to an aromatic ring is 1. The number of amidine groups is 1. The summed E-state index contributed by atoms with van der Waals surface area (Å²) in [6.07, 6.45) is 3.06. The van der Waals surface area contributed by atoms with Crippen molar-refractivity contribution in [1.29, 1.82) is 5.41 Å². The summed E-state index contributed by atoms with van der Waals surface area (Å²) in [5.74, 6) is 2.26. The zero-order valence-corrected chi connectivity index (χ0v) is 12.3. The minimum absolute atomic E-state index is 0.110. The third kappa shape index (κ3) is 2.57. The third-order valence-electron chi connectivity index (χ3n) is 4.28. The predicted molar refractivity (Wildman–Crippen MR) is 79.7 cm³/mol. The van der Waals surface area contributed by atoms with Crippen LogP contribution < -0.4 is 10.6 Å². The van der Waals surface area contributed by atoms with Crippen LogP contribution in [0, 0.1) is 24.2 Å². The molecular weight excluding hydrogens is 236 g/mol. The minimum atomic E-state index is 0.110. The highest BCUT2D eigenvalue weighted by Gasteiger charge is 2.31. The first-order valence-electron chi connectivity index (χ1n) is 6.98. The monoisotopic (exact) mass is 260 g/mol. The van der Waals surface area contributed by atoms with Gasteiger partial charge in [0, 0.05) is 18.8 Å². The van der Waals surface area contributed by atoms with E-state index in [9.17, 15) is 0 Å². The van der Waals surface area contributed by atoms with Crippen LogP contribution in [-0.2, 0) is 0 Å². The van der Waals surface area contributed by atoms with Gasteiger partial charge in [-0.3, -0.25) is 5.41 Å². The van der Waals surface area contributed by atoms with Crippen LogP contribution in [0.25, 0.3) is 0 Å². The quantitative estimate of drug-likeness (QED) is 0.634. The lowest BCUT2D eigenvalue weighted by Gasteiger charge is -2.42. The van der Waals surface area contributed by atoms with Crippen molar-refractivity contribution in [3.63, 3.8) is 0 Å². The summed E-state index contributed by atoms with van der Waals surface area (Å²) in [6, 6.07) is 2.35. The van der Waals surface area contributed by atoms with Gasteiger partial charge in [-0.25, -0.2) is 4.98 Å². The first kappa shape index (κ1) is 13.8. The molecule has 0 aromatic carbocycles. The van der Waals surface area contributed by atoms with Crippen LogP contribution in [0.1, 0.15) is 38.3 Å². The van der Waals surface area contributed by atoms with E-state index in [1.807, 2.05) is 19.2 Å². The topological polar surface area (TPSA) is 66.0 Å². The zero-order valence-electron chi connectivity index (χ0n) is 12.3. The molecule has 0 saturated carbocycles. The van der Waals surface area contributed by atoms with Crippen molar-refractivity contribution in [2.24, 2.45) is 17.6 Å². The molecule has 0 bridgehead atoms. The van der Waals surface area contributed by atoms with Gasteiger partial charge < -0.3 is 10.6 Å². The van der Waals surface area contributed by atoms with Crippen molar-refractivity contribution < 1.29 is 0 Å². The molecule has 3 N–H and O–H groups in total. The van der Waals surface area contributed by atoms with Crippen molar-refractivity contribution in [2.45, 2.75) is 40.2 Å². The molecule has 4 nitrogen and oxygen atoms in total. The van der Waals surface area contributed by atoms with Gasteiger partial charge in [0.2, 0.25) is 0 Å². The molecule has 2 heterocycles. The Morgan fingerprint density at radius 3 is 2.74 bits per heavy atom. The van der Waals surface area contributed by atoms with Gasteiger partial charge in [-0.15, -0.1) is 0 Å². The van der Waals surface area contributed by atoms with Crippen LogP contribution in [0.3, 0.4) is 0 Å². The molecule has 4 heteroatoms. The molecule has 3 atom stereocenters. The fraction of sp³-hybridized carbons (Fsp3) is 0.600. The number of nitrogens with zero attached hydrogens (tertiary/aromatic N) is 2. The van der Waals surface area contributed by atoms with E-state index in [1.54, 1.807) is 0 Å². The average Bonchev–Trinajstić information content (AvgIpc) is 2.33. The highest BCUT2D eigenvalue weighted by atomic mass is 15.2. The van der Waals surface area contributed by atoms with Gasteiger partial charge in [-0.1, -0.05) is 13.8 Å². The Morgan fingerprint density at radius 1 is 1.42 bits per heavy atom. The summed E-state index contributed by atoms with van der Waals surface area (Å²) in [4.78, 5) is 6.83. The minimum Gasteiger partial charge on any atom is -0.384 e. The van der Waals surface area contributed by atoms with E-state index in [0.29, 0.717) is 17.9 Å². The molecule has 2 rings (SSSR count). The lowest BCUT2D eigenvalue weighted by Crippen LogP contribution is -2.47. The molecule has 1 aliphatic rings. The van der Waals surface area contributed by atoms with Crippen molar-refractivity contribution in [3.05, 3.63) is 23.4 Å². The molecule has 1 fully saturated rings. The Bertz CT molecular complexity index is 483. The number of anilines is 1. The molecule has 1 saturated heterocycles. The first-order valence-corrected chi connectivity index (χ1v) is 6.98. The van der Waals surface area contributed by atoms with Crippen molar-refractivity contribution >= 4 is 11.7 Å². The molecule has 104 valence electrons. The normalized spacial score (nSPS) is 27.4. The summed E-state index contributed by atoms with van der Waals surface area (Å²) >= 11 is 0. The second kappa shape index (κ2) is 5.19. The molecule has 0 aliphatic carbocycles. The Labute approximate surface area is 115 Å². The number of nitrogens with two attached hydrogens (primary N) is 1. The number of rotatable bonds is 2. The number of aryl methyl sites for hydroxylation is 1. The molecule has 0 spiro atoms. The van der Waals surface area contributed by atoms with E-state index in [-0.39, 0.29) is 5.84 Å². The van der Waals surface area contributed by atoms with Crippen LogP contribution in [0.5, 0.6) is 0 Å². The fourth-order valence-corrected chi connectivity index (χ4v) is 3.09. The second-order valence-corrected chi connectivity index (χ2v) is 5.95. The molecule has 1 aromatic rings. The molecular formula is C15H24N4. The summed E-state index contributed by atoms with van der Waals surface area (Å²) in [6.45, 7) is 9.78. The first-order chi connectivity index (χ1) is 8.91. The van der Waals surface area contributed by atoms with Crippen LogP contribution >= 0.6 is 0 Å². The van der Waals surface area contributed by atoms with Gasteiger partial charge >= 0.3 is 0 Å². The molecule has 3 unspecified atom stereocenters. The smallest absolute Gasteiger partial charge is 0.140 e. The van der Waals surface area contributed by atoms with Crippen molar-refractivity contribution in [1.82, 2.24) is 4.98 Å². The van der Waals surface area contributed by atoms with Crippen LogP contribution in [0.2, 0.25) is 0 Å². The van der Waals surface area contributed by atoms with Gasteiger partial charge in [0.25, 0.3) is 0 Å². The average molecular weight is 260 g/mol. The fourth-order valence-electron chi connectivity index (χ4n) is 3.09. The van der Waals surface area contributed by atoms with Gasteiger partial charge in [-0.2, -0.15) is 0 Å². The lowest BCUT2D eigenvalue weighted by atomic mass is 9.85. The van der Waals surface area contributed by atoms with Crippen molar-refractivity contribution in [2.75, 3.05) is 11.4 Å². The Morgan fingerprint density at radius 2 is 2.11 bits per heavy atom. The number of piperidine rings is 1. The van der Waals surface area contributed by atoms with Crippen LogP contribution in [-0.4, -0.2) is 23.4 Å². The van der Waals surface area contributed by atoms with Crippen molar-refractivity contribution in [3.8, 4) is 0 Å². The van der Waals surface area contributed by atoms with E-state index in [2.05, 4.69) is 30.7 Å². The predicted octanol–water partition coefficient (Wildman–Crippen LogP) is 2.54. The Balaban J connectivity index is 2.46. The van der Waals surface area contributed by atoms with Gasteiger partial charge in [-0.05, 0) is 43.7 Å². The number of nitrogens with one attached hydrogen (secondary N) is 1. The Kier molecular flexibility index (Phi) is 3.78. The van der Waals surface area contributed by atoms with E-state index >= 15 is 0 Å². The standard InChI is InChI=1S/C15H24N4/c1-9-7-11(3)12(4)19(8-9)15-13(14(16)17)10(2)5-6-18-15/h5-6,9,11-12H,7-8H2,1-4H3,(H3,16,17). The summed E-state index contributed by atoms with van der Waals surface area (Å²) < 4.78 is 0. The van der Waals surface area contributed by atoms with Gasteiger partial charge in [0.15, 0.2) is 0 Å². The maximum atomic E-state index is 7.81. The molecule has 1 aromatic heterocycles. The summed E-state index contributed by atoms with van der Waals surface area (Å²) in [5.41, 5.74) is 7.56. The number of pyridine rings is 1. The number of hydrogen-bond acceptors (Lipinski definition) is 3. The number of hydrogen-bond donors (Lipinski definition) is 2. The van der Waals surface area contributed by atoms with E-state index in [0.717, 1.165) is 23.5 Å². The number of aromatic nitrogens is 1. The maximum Gasteiger partial charge on any atom is 0.140 e. The third-order valence-corrected chi connectivity index (χ3v) is 4.28. The van der Waals surface area contributed by atoms with Crippen LogP contribution in [0.4, 0.5) is 5.82 Å². The van der Waals surface area contributed by atoms with Gasteiger partial charge in [0.1, 0.15) is 11.7 Å². The highest BCUT2D eigenvalue weighted by molar-refractivity contribution is 6.01. The molecule has 1 aliphatic heterocycles. The zero-order chi connectivity index (χ0) is 14.2. The largest absolute Gasteiger partial charge is 0.384 e. The Hall–Kier alpha value is -1.58. The lowest BCUT2D eigenvalue weighted by molar-refractivity contribution is 0.295. The molecule has 19 heavy (non-hydrogen) atoms. The molecule has 0 radical (unpaired) electrons. The van der Waals surface area contributed by atoms with E-state index in [4.69, 9.17) is 11.1 Å². The summed E-state index contributed by atoms with van der Waals surface area (Å²) in [7, 11) is 0. The highest BCUT2D eigenvalue weighted by Crippen LogP contribution is 2.32. The van der Waals surface area contributed by atoms with Crippen LogP contribution in [0.15, 0.2) is 12.3 Å². The SMILES string of the molecule is Cc1ccnc(N2CC(C)CC(C)C2C)c1C(=N)N. The molecule has 0 amide bonds.